The Kier molecular flexibility index (Phi) is 4.65. The molecule has 0 aliphatic rings. The molecule has 11 heteroatoms. The summed E-state index contributed by atoms with van der Waals surface area (Å²) in [6, 6.07) is 0. The molecule has 1 aromatic heterocycles. The smallest absolute Gasteiger partial charge is 0.336 e. The molecule has 0 atom stereocenters. The number of anilines is 1. The fraction of sp³-hybridized carbons (Fsp3) is 0.714. The van der Waals surface area contributed by atoms with Crippen molar-refractivity contribution in [3.63, 3.8) is 0 Å². The summed E-state index contributed by atoms with van der Waals surface area (Å²) < 4.78 is 73.3. The first-order valence-electron chi connectivity index (χ1n) is 4.42. The van der Waals surface area contributed by atoms with E-state index in [1.165, 1.54) is 0 Å². The zero-order valence-electron chi connectivity index (χ0n) is 8.52. The van der Waals surface area contributed by atoms with Gasteiger partial charge in [0.25, 0.3) is 0 Å². The van der Waals surface area contributed by atoms with Gasteiger partial charge in [0.1, 0.15) is 6.54 Å². The Labute approximate surface area is 106 Å². The lowest BCUT2D eigenvalue weighted by Gasteiger charge is -2.21. The first-order valence-corrected chi connectivity index (χ1v) is 5.77. The Morgan fingerprint density at radius 3 is 2.11 bits per heavy atom. The Hall–Kier alpha value is -0.770. The monoisotopic (exact) mass is 313 g/mol. The Bertz CT molecular complexity index is 389. The van der Waals surface area contributed by atoms with E-state index in [1.54, 1.807) is 0 Å². The Morgan fingerprint density at radius 1 is 1.11 bits per heavy atom. The van der Waals surface area contributed by atoms with Crippen molar-refractivity contribution in [1.82, 2.24) is 10.2 Å². The molecule has 0 saturated heterocycles. The molecule has 0 saturated carbocycles. The van der Waals surface area contributed by atoms with Gasteiger partial charge in [-0.25, -0.2) is 0 Å². The van der Waals surface area contributed by atoms with Crippen LogP contribution in [0.1, 0.15) is 5.01 Å². The maximum Gasteiger partial charge on any atom is 0.445 e. The maximum absolute atomic E-state index is 12.2. The van der Waals surface area contributed by atoms with Crippen LogP contribution in [0.3, 0.4) is 0 Å². The van der Waals surface area contributed by atoms with Crippen LogP contribution in [0.15, 0.2) is 0 Å². The van der Waals surface area contributed by atoms with Crippen molar-refractivity contribution in [1.29, 1.82) is 0 Å². The molecular formula is C7H6ClF6N3S. The molecule has 1 heterocycles. The highest BCUT2D eigenvalue weighted by Gasteiger charge is 2.37. The number of hydrogen-bond acceptors (Lipinski definition) is 4. The van der Waals surface area contributed by atoms with Crippen LogP contribution < -0.4 is 4.90 Å². The Morgan fingerprint density at radius 2 is 1.72 bits per heavy atom. The van der Waals surface area contributed by atoms with E-state index in [9.17, 15) is 26.3 Å². The van der Waals surface area contributed by atoms with Crippen molar-refractivity contribution >= 4 is 28.1 Å². The second-order valence-corrected chi connectivity index (χ2v) is 4.45. The van der Waals surface area contributed by atoms with Crippen molar-refractivity contribution < 1.29 is 26.3 Å². The standard InChI is InChI=1S/C7H6ClF6N3S/c8-1-2-17(3-6(9,10)11)5-16-15-4(18-5)7(12,13)14/h1-3H2. The maximum atomic E-state index is 12.2. The van der Waals surface area contributed by atoms with E-state index >= 15 is 0 Å². The van der Waals surface area contributed by atoms with Crippen LogP contribution in [0.5, 0.6) is 0 Å². The van der Waals surface area contributed by atoms with Crippen LogP contribution >= 0.6 is 22.9 Å². The van der Waals surface area contributed by atoms with Gasteiger partial charge in [-0.15, -0.1) is 21.8 Å². The molecule has 0 amide bonds. The molecule has 0 aromatic carbocycles. The number of alkyl halides is 7. The number of rotatable bonds is 4. The minimum Gasteiger partial charge on any atom is -0.336 e. The van der Waals surface area contributed by atoms with Crippen LogP contribution in [0.4, 0.5) is 31.5 Å². The second kappa shape index (κ2) is 5.47. The average Bonchev–Trinajstić information content (AvgIpc) is 2.62. The van der Waals surface area contributed by atoms with Gasteiger partial charge in [0, 0.05) is 12.4 Å². The van der Waals surface area contributed by atoms with Crippen LogP contribution in [-0.2, 0) is 6.18 Å². The number of aromatic nitrogens is 2. The zero-order valence-corrected chi connectivity index (χ0v) is 10.1. The van der Waals surface area contributed by atoms with Gasteiger partial charge in [-0.2, -0.15) is 26.3 Å². The number of halogens is 7. The van der Waals surface area contributed by atoms with E-state index in [1.807, 2.05) is 0 Å². The molecular weight excluding hydrogens is 308 g/mol. The molecule has 3 nitrogen and oxygen atoms in total. The third-order valence-corrected chi connectivity index (χ3v) is 2.85. The van der Waals surface area contributed by atoms with Gasteiger partial charge >= 0.3 is 12.4 Å². The summed E-state index contributed by atoms with van der Waals surface area (Å²) >= 11 is 5.35. The molecule has 18 heavy (non-hydrogen) atoms. The van der Waals surface area contributed by atoms with E-state index in [-0.39, 0.29) is 23.8 Å². The van der Waals surface area contributed by atoms with Crippen LogP contribution in [0, 0.1) is 0 Å². The fourth-order valence-electron chi connectivity index (χ4n) is 1.02. The first kappa shape index (κ1) is 15.3. The lowest BCUT2D eigenvalue weighted by atomic mass is 10.5. The van der Waals surface area contributed by atoms with Gasteiger partial charge in [0.05, 0.1) is 0 Å². The van der Waals surface area contributed by atoms with Gasteiger partial charge in [-0.1, -0.05) is 11.3 Å². The molecule has 104 valence electrons. The quantitative estimate of drug-likeness (QED) is 0.631. The number of hydrogen-bond donors (Lipinski definition) is 0. The molecule has 0 unspecified atom stereocenters. The molecule has 0 N–H and O–H groups in total. The van der Waals surface area contributed by atoms with E-state index in [4.69, 9.17) is 11.6 Å². The lowest BCUT2D eigenvalue weighted by Crippen LogP contribution is -2.35. The first-order chi connectivity index (χ1) is 8.13. The third kappa shape index (κ3) is 4.48. The fourth-order valence-corrected chi connectivity index (χ4v) is 1.96. The van der Waals surface area contributed by atoms with Gasteiger partial charge in [-0.3, -0.25) is 0 Å². The van der Waals surface area contributed by atoms with Crippen molar-refractivity contribution in [3.05, 3.63) is 5.01 Å². The lowest BCUT2D eigenvalue weighted by molar-refractivity contribution is -0.138. The topological polar surface area (TPSA) is 29.0 Å². The van der Waals surface area contributed by atoms with Gasteiger partial charge in [-0.05, 0) is 0 Å². The van der Waals surface area contributed by atoms with Crippen molar-refractivity contribution in [3.8, 4) is 0 Å². The molecule has 0 fully saturated rings. The third-order valence-electron chi connectivity index (χ3n) is 1.65. The minimum atomic E-state index is -4.72. The molecule has 0 spiro atoms. The second-order valence-electron chi connectivity index (χ2n) is 3.11. The number of nitrogens with zero attached hydrogens (tertiary/aromatic N) is 3. The van der Waals surface area contributed by atoms with Gasteiger partial charge in [0.2, 0.25) is 10.1 Å². The van der Waals surface area contributed by atoms with Gasteiger partial charge < -0.3 is 4.90 Å². The van der Waals surface area contributed by atoms with E-state index in [0.717, 1.165) is 0 Å². The summed E-state index contributed by atoms with van der Waals surface area (Å²) in [5, 5.41) is 4.16. The summed E-state index contributed by atoms with van der Waals surface area (Å²) in [5.74, 6) is -0.170. The largest absolute Gasteiger partial charge is 0.445 e. The average molecular weight is 314 g/mol. The predicted molar refractivity (Wildman–Crippen MR) is 53.9 cm³/mol. The van der Waals surface area contributed by atoms with E-state index in [2.05, 4.69) is 10.2 Å². The van der Waals surface area contributed by atoms with E-state index < -0.39 is 29.0 Å². The highest BCUT2D eigenvalue weighted by molar-refractivity contribution is 7.15. The summed E-state index contributed by atoms with van der Waals surface area (Å²) in [6.07, 6.45) is -9.28. The highest BCUT2D eigenvalue weighted by atomic mass is 35.5. The summed E-state index contributed by atoms with van der Waals surface area (Å²) in [7, 11) is 0. The molecule has 1 aromatic rings. The summed E-state index contributed by atoms with van der Waals surface area (Å²) in [6.45, 7) is -1.69. The van der Waals surface area contributed by atoms with E-state index in [0.29, 0.717) is 4.90 Å². The highest BCUT2D eigenvalue weighted by Crippen LogP contribution is 2.35. The molecule has 0 radical (unpaired) electrons. The minimum absolute atomic E-state index is 0.0486. The predicted octanol–water partition coefficient (Wildman–Crippen LogP) is 3.16. The van der Waals surface area contributed by atoms with Crippen molar-refractivity contribution in [2.45, 2.75) is 12.4 Å². The molecule has 0 aliphatic heterocycles. The summed E-state index contributed by atoms with van der Waals surface area (Å²) in [5.41, 5.74) is 0. The molecule has 0 aliphatic carbocycles. The van der Waals surface area contributed by atoms with Crippen LogP contribution in [0.25, 0.3) is 0 Å². The van der Waals surface area contributed by atoms with Crippen LogP contribution in [0.2, 0.25) is 0 Å². The van der Waals surface area contributed by atoms with Gasteiger partial charge in [0.15, 0.2) is 0 Å². The SMILES string of the molecule is FC(F)(F)CN(CCCl)c1nnc(C(F)(F)F)s1. The normalized spacial score (nSPS) is 12.8. The zero-order chi connectivity index (χ0) is 14.0. The molecule has 1 rings (SSSR count). The molecule has 0 bridgehead atoms. The van der Waals surface area contributed by atoms with Crippen molar-refractivity contribution in [2.75, 3.05) is 23.9 Å². The Balaban J connectivity index is 2.89. The summed E-state index contributed by atoms with van der Waals surface area (Å²) in [4.78, 5) is 0.611. The van der Waals surface area contributed by atoms with Crippen molar-refractivity contribution in [2.24, 2.45) is 0 Å². The van der Waals surface area contributed by atoms with Crippen LogP contribution in [-0.4, -0.2) is 35.3 Å².